The summed E-state index contributed by atoms with van der Waals surface area (Å²) in [4.78, 5) is 40.2. The van der Waals surface area contributed by atoms with E-state index in [0.29, 0.717) is 19.5 Å². The van der Waals surface area contributed by atoms with Gasteiger partial charge in [0.2, 0.25) is 5.78 Å². The molecule has 1 unspecified atom stereocenters. The second-order valence-corrected chi connectivity index (χ2v) is 8.02. The number of hydrogen-bond donors (Lipinski definition) is 1. The summed E-state index contributed by atoms with van der Waals surface area (Å²) in [6.45, 7) is 5.57. The smallest absolute Gasteiger partial charge is 0.341 e. The number of ketones is 1. The van der Waals surface area contributed by atoms with Crippen LogP contribution in [-0.2, 0) is 28.6 Å². The van der Waals surface area contributed by atoms with Crippen molar-refractivity contribution in [3.63, 3.8) is 0 Å². The van der Waals surface area contributed by atoms with Crippen LogP contribution in [-0.4, -0.2) is 77.9 Å². The molecule has 3 rings (SSSR count). The number of cyclic esters (lactones) is 1. The summed E-state index contributed by atoms with van der Waals surface area (Å²) in [7, 11) is 1.89. The third-order valence-electron chi connectivity index (χ3n) is 5.95. The van der Waals surface area contributed by atoms with E-state index in [-0.39, 0.29) is 24.4 Å². The van der Waals surface area contributed by atoms with Crippen molar-refractivity contribution in [1.82, 2.24) is 4.90 Å². The summed E-state index contributed by atoms with van der Waals surface area (Å²) in [5, 5.41) is 10.7. The fourth-order valence-corrected chi connectivity index (χ4v) is 3.54. The summed E-state index contributed by atoms with van der Waals surface area (Å²) >= 11 is 0. The van der Waals surface area contributed by atoms with Crippen LogP contribution < -0.4 is 0 Å². The molecule has 8 nitrogen and oxygen atoms in total. The van der Waals surface area contributed by atoms with Gasteiger partial charge in [-0.05, 0) is 33.2 Å². The Kier molecular flexibility index (Phi) is 5.18. The number of rotatable bonds is 0. The standard InChI is InChI=1S/C19H27NO7/c1-11-9-19(12(2)27-19)17(23)26-14-6-8-20(4)7-5-13(15(14)21)10-25-16(22)18(11,3)24/h5,11-12,14,24H,6-10H2,1-4H3/t11-,12-,14?,18-,19-/m0/s1. The van der Waals surface area contributed by atoms with Gasteiger partial charge in [0.1, 0.15) is 6.61 Å². The fraction of sp³-hybridized carbons (Fsp3) is 0.737. The molecule has 3 aliphatic rings. The van der Waals surface area contributed by atoms with Crippen LogP contribution in [0.4, 0.5) is 0 Å². The van der Waals surface area contributed by atoms with Crippen molar-refractivity contribution >= 4 is 17.7 Å². The largest absolute Gasteiger partial charge is 0.459 e. The average Bonchev–Trinajstić information content (AvgIpc) is 3.26. The van der Waals surface area contributed by atoms with E-state index in [0.717, 1.165) is 0 Å². The van der Waals surface area contributed by atoms with E-state index in [1.54, 1.807) is 19.9 Å². The number of likely N-dealkylation sites (N-methyl/N-ethyl adjacent to an activating group) is 1. The molecule has 8 heteroatoms. The zero-order chi connectivity index (χ0) is 20.0. The van der Waals surface area contributed by atoms with Crippen LogP contribution in [0.15, 0.2) is 11.6 Å². The zero-order valence-corrected chi connectivity index (χ0v) is 16.2. The van der Waals surface area contributed by atoms with Gasteiger partial charge in [-0.3, -0.25) is 4.79 Å². The summed E-state index contributed by atoms with van der Waals surface area (Å²) in [6.07, 6.45) is 0.756. The minimum atomic E-state index is -1.82. The lowest BCUT2D eigenvalue weighted by molar-refractivity contribution is -0.173. The maximum atomic E-state index is 12.9. The van der Waals surface area contributed by atoms with Crippen molar-refractivity contribution < 1.29 is 33.7 Å². The maximum absolute atomic E-state index is 12.9. The first-order valence-corrected chi connectivity index (χ1v) is 9.28. The predicted molar refractivity (Wildman–Crippen MR) is 93.7 cm³/mol. The first kappa shape index (κ1) is 20.0. The summed E-state index contributed by atoms with van der Waals surface area (Å²) in [5.74, 6) is -2.43. The Morgan fingerprint density at radius 3 is 2.52 bits per heavy atom. The molecule has 3 aliphatic heterocycles. The molecular formula is C19H27NO7. The third-order valence-corrected chi connectivity index (χ3v) is 5.95. The van der Waals surface area contributed by atoms with Crippen LogP contribution in [0, 0.1) is 5.92 Å². The van der Waals surface area contributed by atoms with Crippen LogP contribution in [0.2, 0.25) is 0 Å². The maximum Gasteiger partial charge on any atom is 0.341 e. The van der Waals surface area contributed by atoms with Crippen LogP contribution in [0.1, 0.15) is 33.6 Å². The summed E-state index contributed by atoms with van der Waals surface area (Å²) in [5.41, 5.74) is -2.81. The molecule has 0 amide bonds. The van der Waals surface area contributed by atoms with Crippen LogP contribution in [0.3, 0.4) is 0 Å². The van der Waals surface area contributed by atoms with E-state index >= 15 is 0 Å². The highest BCUT2D eigenvalue weighted by Crippen LogP contribution is 2.45. The lowest BCUT2D eigenvalue weighted by Gasteiger charge is -2.32. The Morgan fingerprint density at radius 1 is 1.22 bits per heavy atom. The number of esters is 2. The molecule has 0 aliphatic carbocycles. The van der Waals surface area contributed by atoms with Gasteiger partial charge in [-0.25, -0.2) is 9.59 Å². The molecule has 2 saturated heterocycles. The number of nitrogens with zero attached hydrogens (tertiary/aromatic N) is 1. The predicted octanol–water partition coefficient (Wildman–Crippen LogP) is 0.221. The van der Waals surface area contributed by atoms with Gasteiger partial charge in [-0.2, -0.15) is 0 Å². The molecule has 150 valence electrons. The van der Waals surface area contributed by atoms with Crippen molar-refractivity contribution in [3.05, 3.63) is 11.6 Å². The molecule has 0 aromatic heterocycles. The minimum absolute atomic E-state index is 0.0958. The van der Waals surface area contributed by atoms with Gasteiger partial charge in [0, 0.05) is 25.1 Å². The van der Waals surface area contributed by atoms with Crippen LogP contribution >= 0.6 is 0 Å². The van der Waals surface area contributed by atoms with Crippen molar-refractivity contribution in [2.24, 2.45) is 5.92 Å². The van der Waals surface area contributed by atoms with Gasteiger partial charge in [-0.1, -0.05) is 13.0 Å². The van der Waals surface area contributed by atoms with E-state index in [1.807, 2.05) is 11.9 Å². The van der Waals surface area contributed by atoms with Gasteiger partial charge >= 0.3 is 11.9 Å². The molecule has 2 bridgehead atoms. The van der Waals surface area contributed by atoms with Gasteiger partial charge in [-0.15, -0.1) is 0 Å². The average molecular weight is 381 g/mol. The Morgan fingerprint density at radius 2 is 1.89 bits per heavy atom. The summed E-state index contributed by atoms with van der Waals surface area (Å²) < 4.78 is 16.4. The number of Topliss-reactive ketones (excluding diaryl/α,β-unsaturated/α-hetero) is 1. The number of carbonyl (C=O) groups is 3. The van der Waals surface area contributed by atoms with Crippen LogP contribution in [0.25, 0.3) is 0 Å². The quantitative estimate of drug-likeness (QED) is 0.469. The van der Waals surface area contributed by atoms with Crippen LogP contribution in [0.5, 0.6) is 0 Å². The highest BCUT2D eigenvalue weighted by molar-refractivity contribution is 6.01. The summed E-state index contributed by atoms with van der Waals surface area (Å²) in [6, 6.07) is 0. The molecule has 5 atom stereocenters. The van der Waals surface area contributed by atoms with Gasteiger partial charge in [0.25, 0.3) is 0 Å². The second kappa shape index (κ2) is 7.00. The van der Waals surface area contributed by atoms with Crippen molar-refractivity contribution in [3.8, 4) is 0 Å². The highest BCUT2D eigenvalue weighted by atomic mass is 16.7. The molecular weight excluding hydrogens is 354 g/mol. The minimum Gasteiger partial charge on any atom is -0.459 e. The van der Waals surface area contributed by atoms with Gasteiger partial charge in [0.05, 0.1) is 6.10 Å². The molecule has 27 heavy (non-hydrogen) atoms. The number of hydrogen-bond acceptors (Lipinski definition) is 8. The number of aliphatic hydroxyl groups is 1. The first-order chi connectivity index (χ1) is 12.6. The fourth-order valence-electron chi connectivity index (χ4n) is 3.54. The van der Waals surface area contributed by atoms with E-state index in [4.69, 9.17) is 14.2 Å². The third kappa shape index (κ3) is 3.66. The molecule has 0 radical (unpaired) electrons. The SMILES string of the molecule is C[C@@H]1O[C@@]12C[C@H](C)[C@](C)(O)C(=O)OCC1=CCN(C)CCC(OC2=O)C1=O. The molecule has 0 saturated carbocycles. The van der Waals surface area contributed by atoms with Gasteiger partial charge in [0.15, 0.2) is 17.3 Å². The molecule has 3 heterocycles. The monoisotopic (exact) mass is 381 g/mol. The van der Waals surface area contributed by atoms with E-state index in [9.17, 15) is 19.5 Å². The lowest BCUT2D eigenvalue weighted by atomic mass is 9.82. The normalized spacial score (nSPS) is 41.4. The number of carbonyl (C=O) groups excluding carboxylic acids is 3. The topological polar surface area (TPSA) is 106 Å². The Hall–Kier alpha value is -1.77. The van der Waals surface area contributed by atoms with Crippen molar-refractivity contribution in [2.45, 2.75) is 57.0 Å². The number of epoxide rings is 1. The van der Waals surface area contributed by atoms with Gasteiger partial charge < -0.3 is 24.2 Å². The Balaban J connectivity index is 1.97. The highest BCUT2D eigenvalue weighted by Gasteiger charge is 2.63. The Labute approximate surface area is 158 Å². The molecule has 0 aromatic rings. The van der Waals surface area contributed by atoms with Crippen molar-refractivity contribution in [1.29, 1.82) is 0 Å². The number of fused-ring (bicyclic) bond motifs is 2. The number of ether oxygens (including phenoxy) is 3. The molecule has 1 N–H and O–H groups in total. The lowest BCUT2D eigenvalue weighted by Crippen LogP contribution is -2.48. The van der Waals surface area contributed by atoms with E-state index < -0.39 is 41.3 Å². The Bertz CT molecular complexity index is 686. The first-order valence-electron chi connectivity index (χ1n) is 9.28. The zero-order valence-electron chi connectivity index (χ0n) is 16.2. The van der Waals surface area contributed by atoms with E-state index in [1.165, 1.54) is 6.92 Å². The van der Waals surface area contributed by atoms with E-state index in [2.05, 4.69) is 0 Å². The molecule has 0 aromatic carbocycles. The molecule has 1 spiro atoms. The molecule has 2 fully saturated rings. The van der Waals surface area contributed by atoms with Crippen molar-refractivity contribution in [2.75, 3.05) is 26.7 Å². The second-order valence-electron chi connectivity index (χ2n) is 8.02.